The lowest BCUT2D eigenvalue weighted by molar-refractivity contribution is 0.447. The first-order chi connectivity index (χ1) is 7.84. The smallest absolute Gasteiger partial charge is 0.230 e. The highest BCUT2D eigenvalue weighted by atomic mass is 16.4. The van der Waals surface area contributed by atoms with Gasteiger partial charge < -0.3 is 9.73 Å². The second kappa shape index (κ2) is 5.37. The monoisotopic (exact) mass is 218 g/mol. The van der Waals surface area contributed by atoms with Gasteiger partial charge in [-0.15, -0.1) is 10.2 Å². The fourth-order valence-electron chi connectivity index (χ4n) is 1.37. The van der Waals surface area contributed by atoms with Gasteiger partial charge in [0.1, 0.15) is 0 Å². The summed E-state index contributed by atoms with van der Waals surface area (Å²) in [6.07, 6.45) is 2.70. The van der Waals surface area contributed by atoms with Gasteiger partial charge in [0.25, 0.3) is 0 Å². The molecule has 0 unspecified atom stereocenters. The summed E-state index contributed by atoms with van der Waals surface area (Å²) in [7, 11) is 0. The van der Waals surface area contributed by atoms with E-state index >= 15 is 0 Å². The van der Waals surface area contributed by atoms with E-state index in [0.29, 0.717) is 18.3 Å². The number of rotatable bonds is 5. The van der Waals surface area contributed by atoms with E-state index < -0.39 is 0 Å². The third-order valence-electron chi connectivity index (χ3n) is 2.13. The van der Waals surface area contributed by atoms with Crippen molar-refractivity contribution in [1.82, 2.24) is 20.5 Å². The predicted molar refractivity (Wildman–Crippen MR) is 58.7 cm³/mol. The molecule has 0 fully saturated rings. The molecule has 16 heavy (non-hydrogen) atoms. The van der Waals surface area contributed by atoms with Gasteiger partial charge in [-0.25, -0.2) is 0 Å². The molecule has 2 aromatic heterocycles. The fourth-order valence-corrected chi connectivity index (χ4v) is 1.37. The lowest BCUT2D eigenvalue weighted by Gasteiger charge is -2.00. The molecule has 5 heteroatoms. The van der Waals surface area contributed by atoms with E-state index in [-0.39, 0.29) is 0 Å². The minimum absolute atomic E-state index is 0.599. The summed E-state index contributed by atoms with van der Waals surface area (Å²) in [4.78, 5) is 4.24. The van der Waals surface area contributed by atoms with Gasteiger partial charge in [0.15, 0.2) is 0 Å². The molecule has 0 bridgehead atoms. The molecular weight excluding hydrogens is 204 g/mol. The van der Waals surface area contributed by atoms with Gasteiger partial charge in [-0.05, 0) is 12.1 Å². The minimum atomic E-state index is 0.599. The van der Waals surface area contributed by atoms with Crippen LogP contribution in [0.25, 0.3) is 0 Å². The first-order valence-corrected chi connectivity index (χ1v) is 5.24. The summed E-state index contributed by atoms with van der Waals surface area (Å²) < 4.78 is 5.24. The van der Waals surface area contributed by atoms with Gasteiger partial charge >= 0.3 is 0 Å². The van der Waals surface area contributed by atoms with E-state index in [2.05, 4.69) is 20.5 Å². The summed E-state index contributed by atoms with van der Waals surface area (Å²) in [5.74, 6) is 1.22. The highest BCUT2D eigenvalue weighted by Gasteiger charge is 2.00. The van der Waals surface area contributed by atoms with Crippen LogP contribution in [0.4, 0.5) is 0 Å². The highest BCUT2D eigenvalue weighted by Crippen LogP contribution is 1.97. The fraction of sp³-hybridized carbons (Fsp3) is 0.364. The number of pyridine rings is 1. The molecule has 2 heterocycles. The molecule has 84 valence electrons. The summed E-state index contributed by atoms with van der Waals surface area (Å²) >= 11 is 0. The molecule has 1 N–H and O–H groups in total. The third-order valence-corrected chi connectivity index (χ3v) is 2.13. The Kier molecular flexibility index (Phi) is 3.61. The van der Waals surface area contributed by atoms with Crippen LogP contribution < -0.4 is 5.32 Å². The number of aryl methyl sites for hydroxylation is 1. The summed E-state index contributed by atoms with van der Waals surface area (Å²) in [6, 6.07) is 5.92. The van der Waals surface area contributed by atoms with Gasteiger partial charge in [-0.2, -0.15) is 0 Å². The number of nitrogens with one attached hydrogen (secondary N) is 1. The maximum Gasteiger partial charge on any atom is 0.230 e. The summed E-state index contributed by atoms with van der Waals surface area (Å²) in [5, 5.41) is 10.9. The van der Waals surface area contributed by atoms with Gasteiger partial charge in [0, 0.05) is 31.8 Å². The van der Waals surface area contributed by atoms with Crippen molar-refractivity contribution in [2.45, 2.75) is 19.9 Å². The Morgan fingerprint density at radius 2 is 2.25 bits per heavy atom. The minimum Gasteiger partial charge on any atom is -0.424 e. The molecule has 0 saturated heterocycles. The van der Waals surface area contributed by atoms with Crippen LogP contribution in [-0.2, 0) is 13.0 Å². The van der Waals surface area contributed by atoms with Crippen molar-refractivity contribution in [3.05, 3.63) is 41.9 Å². The van der Waals surface area contributed by atoms with Gasteiger partial charge in [0.2, 0.25) is 11.8 Å². The molecule has 5 nitrogen and oxygen atoms in total. The largest absolute Gasteiger partial charge is 0.424 e. The Hall–Kier alpha value is -1.75. The van der Waals surface area contributed by atoms with Crippen LogP contribution in [-0.4, -0.2) is 21.7 Å². The van der Waals surface area contributed by atoms with E-state index in [0.717, 1.165) is 18.7 Å². The molecule has 2 rings (SSSR count). The van der Waals surface area contributed by atoms with Crippen molar-refractivity contribution in [3.8, 4) is 0 Å². The van der Waals surface area contributed by atoms with Crippen molar-refractivity contribution in [1.29, 1.82) is 0 Å². The molecule has 0 aromatic carbocycles. The predicted octanol–water partition coefficient (Wildman–Crippen LogP) is 1.11. The van der Waals surface area contributed by atoms with Gasteiger partial charge in [-0.3, -0.25) is 4.98 Å². The zero-order chi connectivity index (χ0) is 11.2. The van der Waals surface area contributed by atoms with Crippen LogP contribution >= 0.6 is 0 Å². The van der Waals surface area contributed by atoms with Crippen molar-refractivity contribution in [2.24, 2.45) is 0 Å². The number of nitrogens with zero attached hydrogens (tertiary/aromatic N) is 3. The van der Waals surface area contributed by atoms with Crippen molar-refractivity contribution in [3.63, 3.8) is 0 Å². The van der Waals surface area contributed by atoms with Crippen LogP contribution in [0.5, 0.6) is 0 Å². The number of hydrogen-bond donors (Lipinski definition) is 1. The highest BCUT2D eigenvalue weighted by molar-refractivity contribution is 5.03. The standard InChI is InChI=1S/C11H14N4O/c1-9-14-15-11(16-9)8-12-7-5-10-4-2-3-6-13-10/h2-4,6,12H,5,7-8H2,1H3. The Balaban J connectivity index is 1.69. The molecule has 0 aliphatic carbocycles. The molecule has 2 aromatic rings. The molecule has 0 saturated carbocycles. The summed E-state index contributed by atoms with van der Waals surface area (Å²) in [6.45, 7) is 3.23. The average molecular weight is 218 g/mol. The molecule has 0 atom stereocenters. The zero-order valence-electron chi connectivity index (χ0n) is 9.18. The van der Waals surface area contributed by atoms with Gasteiger partial charge in [-0.1, -0.05) is 6.07 Å². The normalized spacial score (nSPS) is 10.6. The average Bonchev–Trinajstić information content (AvgIpc) is 2.72. The number of aromatic nitrogens is 3. The van der Waals surface area contributed by atoms with E-state index in [1.165, 1.54) is 0 Å². The lowest BCUT2D eigenvalue weighted by atomic mass is 10.3. The van der Waals surface area contributed by atoms with Crippen molar-refractivity contribution in [2.75, 3.05) is 6.54 Å². The third kappa shape index (κ3) is 3.13. The molecule has 0 radical (unpaired) electrons. The maximum absolute atomic E-state index is 5.24. The first-order valence-electron chi connectivity index (χ1n) is 5.24. The molecule has 0 aliphatic rings. The Morgan fingerprint density at radius 3 is 2.94 bits per heavy atom. The molecular formula is C11H14N4O. The molecule has 0 spiro atoms. The Labute approximate surface area is 93.9 Å². The van der Waals surface area contributed by atoms with E-state index in [1.54, 1.807) is 13.1 Å². The molecule has 0 aliphatic heterocycles. The van der Waals surface area contributed by atoms with Crippen LogP contribution in [0.2, 0.25) is 0 Å². The summed E-state index contributed by atoms with van der Waals surface area (Å²) in [5.41, 5.74) is 1.08. The van der Waals surface area contributed by atoms with Crippen LogP contribution in [0.1, 0.15) is 17.5 Å². The van der Waals surface area contributed by atoms with Gasteiger partial charge in [0.05, 0.1) is 6.54 Å². The zero-order valence-corrected chi connectivity index (χ0v) is 9.18. The van der Waals surface area contributed by atoms with E-state index in [1.807, 2.05) is 18.2 Å². The Bertz CT molecular complexity index is 427. The van der Waals surface area contributed by atoms with Crippen molar-refractivity contribution < 1.29 is 4.42 Å². The van der Waals surface area contributed by atoms with E-state index in [4.69, 9.17) is 4.42 Å². The first kappa shape index (κ1) is 10.8. The molecule has 0 amide bonds. The Morgan fingerprint density at radius 1 is 1.31 bits per heavy atom. The maximum atomic E-state index is 5.24. The second-order valence-electron chi connectivity index (χ2n) is 3.46. The SMILES string of the molecule is Cc1nnc(CNCCc2ccccn2)o1. The van der Waals surface area contributed by atoms with Crippen LogP contribution in [0, 0.1) is 6.92 Å². The quantitative estimate of drug-likeness (QED) is 0.761. The van der Waals surface area contributed by atoms with E-state index in [9.17, 15) is 0 Å². The van der Waals surface area contributed by atoms with Crippen molar-refractivity contribution >= 4 is 0 Å². The van der Waals surface area contributed by atoms with Crippen LogP contribution in [0.15, 0.2) is 28.8 Å². The second-order valence-corrected chi connectivity index (χ2v) is 3.46. The topological polar surface area (TPSA) is 63.8 Å². The lowest BCUT2D eigenvalue weighted by Crippen LogP contribution is -2.17. The number of hydrogen-bond acceptors (Lipinski definition) is 5. The van der Waals surface area contributed by atoms with Crippen LogP contribution in [0.3, 0.4) is 0 Å².